The summed E-state index contributed by atoms with van der Waals surface area (Å²) in [5.41, 5.74) is 7.17. The highest BCUT2D eigenvalue weighted by atomic mass is 16.5. The number of hydrogen-bond acceptors (Lipinski definition) is 2. The van der Waals surface area contributed by atoms with E-state index in [0.29, 0.717) is 6.61 Å². The van der Waals surface area contributed by atoms with Crippen LogP contribution >= 0.6 is 0 Å². The van der Waals surface area contributed by atoms with Gasteiger partial charge in [0, 0.05) is 12.1 Å². The molecule has 0 spiro atoms. The number of imidazole rings is 1. The number of allylic oxidation sites excluding steroid dienone is 1. The van der Waals surface area contributed by atoms with E-state index >= 15 is 0 Å². The van der Waals surface area contributed by atoms with E-state index in [-0.39, 0.29) is 0 Å². The van der Waals surface area contributed by atoms with Crippen molar-refractivity contribution in [3.8, 4) is 17.1 Å². The maximum Gasteiger partial charge on any atom is 0.141 e. The first-order valence-electron chi connectivity index (χ1n) is 11.0. The number of aromatic nitrogens is 2. The van der Waals surface area contributed by atoms with Crippen LogP contribution in [0.1, 0.15) is 29.5 Å². The molecule has 158 valence electrons. The fourth-order valence-electron chi connectivity index (χ4n) is 4.09. The lowest BCUT2D eigenvalue weighted by Crippen LogP contribution is -2.05. The Balaban J connectivity index is 1.48. The van der Waals surface area contributed by atoms with Gasteiger partial charge in [0.1, 0.15) is 11.6 Å². The summed E-state index contributed by atoms with van der Waals surface area (Å²) in [5, 5.41) is 0. The third-order valence-electron chi connectivity index (χ3n) is 5.65. The second-order valence-electron chi connectivity index (χ2n) is 8.05. The Kier molecular flexibility index (Phi) is 6.51. The Morgan fingerprint density at radius 1 is 0.968 bits per heavy atom. The van der Waals surface area contributed by atoms with E-state index in [4.69, 9.17) is 9.72 Å². The van der Waals surface area contributed by atoms with Crippen LogP contribution in [0.3, 0.4) is 0 Å². The monoisotopic (exact) mass is 410 g/mol. The van der Waals surface area contributed by atoms with Gasteiger partial charge < -0.3 is 9.30 Å². The predicted octanol–water partition coefficient (Wildman–Crippen LogP) is 6.91. The molecule has 0 N–H and O–H groups in total. The summed E-state index contributed by atoms with van der Waals surface area (Å²) in [4.78, 5) is 4.97. The van der Waals surface area contributed by atoms with E-state index in [0.717, 1.165) is 42.9 Å². The molecule has 0 fully saturated rings. The maximum absolute atomic E-state index is 6.07. The van der Waals surface area contributed by atoms with Crippen molar-refractivity contribution in [1.29, 1.82) is 0 Å². The quantitative estimate of drug-likeness (QED) is 0.221. The number of aryl methyl sites for hydroxylation is 3. The van der Waals surface area contributed by atoms with Crippen LogP contribution in [-0.4, -0.2) is 16.2 Å². The van der Waals surface area contributed by atoms with E-state index in [9.17, 15) is 0 Å². The average molecular weight is 411 g/mol. The number of unbranched alkanes of at least 4 members (excludes halogenated alkanes) is 1. The molecule has 0 unspecified atom stereocenters. The third kappa shape index (κ3) is 4.72. The summed E-state index contributed by atoms with van der Waals surface area (Å²) >= 11 is 0. The van der Waals surface area contributed by atoms with Crippen LogP contribution in [0.2, 0.25) is 0 Å². The van der Waals surface area contributed by atoms with Crippen molar-refractivity contribution in [2.45, 2.75) is 39.7 Å². The molecule has 0 aliphatic heterocycles. The number of para-hydroxylation sites is 3. The van der Waals surface area contributed by atoms with E-state index in [2.05, 4.69) is 73.5 Å². The molecule has 0 aliphatic rings. The van der Waals surface area contributed by atoms with Crippen LogP contribution in [-0.2, 0) is 13.0 Å². The Morgan fingerprint density at radius 2 is 1.77 bits per heavy atom. The normalized spacial score (nSPS) is 11.0. The number of hydrogen-bond donors (Lipinski definition) is 0. The van der Waals surface area contributed by atoms with Crippen molar-refractivity contribution >= 4 is 11.0 Å². The second-order valence-corrected chi connectivity index (χ2v) is 8.05. The molecule has 3 heteroatoms. The molecule has 1 aromatic heterocycles. The van der Waals surface area contributed by atoms with E-state index in [1.807, 2.05) is 24.3 Å². The van der Waals surface area contributed by atoms with E-state index in [1.165, 1.54) is 27.8 Å². The highest BCUT2D eigenvalue weighted by molar-refractivity contribution is 5.81. The van der Waals surface area contributed by atoms with Gasteiger partial charge in [-0.2, -0.15) is 0 Å². The van der Waals surface area contributed by atoms with Crippen molar-refractivity contribution in [1.82, 2.24) is 9.55 Å². The van der Waals surface area contributed by atoms with E-state index in [1.54, 1.807) is 0 Å². The maximum atomic E-state index is 6.07. The topological polar surface area (TPSA) is 27.1 Å². The van der Waals surface area contributed by atoms with Crippen molar-refractivity contribution in [3.05, 3.63) is 96.1 Å². The lowest BCUT2D eigenvalue weighted by Gasteiger charge is -2.13. The van der Waals surface area contributed by atoms with Gasteiger partial charge in [0.2, 0.25) is 0 Å². The minimum Gasteiger partial charge on any atom is -0.493 e. The molecule has 0 amide bonds. The molecule has 3 aromatic carbocycles. The van der Waals surface area contributed by atoms with Crippen molar-refractivity contribution in [2.24, 2.45) is 0 Å². The van der Waals surface area contributed by atoms with Crippen molar-refractivity contribution in [3.63, 3.8) is 0 Å². The predicted molar refractivity (Wildman–Crippen MR) is 130 cm³/mol. The summed E-state index contributed by atoms with van der Waals surface area (Å²) in [5.74, 6) is 2.02. The van der Waals surface area contributed by atoms with Gasteiger partial charge >= 0.3 is 0 Å². The van der Waals surface area contributed by atoms with Gasteiger partial charge in [0.15, 0.2) is 0 Å². The summed E-state index contributed by atoms with van der Waals surface area (Å²) < 4.78 is 8.43. The summed E-state index contributed by atoms with van der Waals surface area (Å²) in [7, 11) is 0. The number of rotatable bonds is 9. The molecule has 0 saturated heterocycles. The minimum atomic E-state index is 0.708. The third-order valence-corrected chi connectivity index (χ3v) is 5.65. The Hall–Kier alpha value is -3.33. The van der Waals surface area contributed by atoms with Gasteiger partial charge in [-0.15, -0.1) is 6.58 Å². The molecule has 0 bridgehead atoms. The summed E-state index contributed by atoms with van der Waals surface area (Å²) in [6.45, 7) is 9.76. The zero-order chi connectivity index (χ0) is 21.6. The fourth-order valence-corrected chi connectivity index (χ4v) is 4.09. The first-order chi connectivity index (χ1) is 15.2. The van der Waals surface area contributed by atoms with Crippen LogP contribution in [0.5, 0.6) is 5.75 Å². The van der Waals surface area contributed by atoms with Gasteiger partial charge in [-0.1, -0.05) is 60.2 Å². The smallest absolute Gasteiger partial charge is 0.141 e. The van der Waals surface area contributed by atoms with Gasteiger partial charge in [-0.05, 0) is 62.4 Å². The number of fused-ring (bicyclic) bond motifs is 1. The zero-order valence-corrected chi connectivity index (χ0v) is 18.5. The molecule has 3 nitrogen and oxygen atoms in total. The standard InChI is InChI=1S/C28H30N2O/c1-4-11-23-12-5-8-15-27(23)31-19-10-9-18-30-26-14-7-6-13-25(26)29-28(30)24-17-16-21(2)20-22(24)3/h4-8,12-17,20H,1,9-11,18-19H2,2-3H3. The largest absolute Gasteiger partial charge is 0.493 e. The van der Waals surface area contributed by atoms with Crippen LogP contribution in [0.4, 0.5) is 0 Å². The van der Waals surface area contributed by atoms with Gasteiger partial charge in [-0.3, -0.25) is 0 Å². The minimum absolute atomic E-state index is 0.708. The molecule has 0 atom stereocenters. The second kappa shape index (κ2) is 9.65. The number of nitrogens with zero attached hydrogens (tertiary/aromatic N) is 2. The molecule has 4 rings (SSSR count). The molecule has 0 aliphatic carbocycles. The first-order valence-corrected chi connectivity index (χ1v) is 11.0. The summed E-state index contributed by atoms with van der Waals surface area (Å²) in [6, 6.07) is 23.2. The Morgan fingerprint density at radius 3 is 2.61 bits per heavy atom. The van der Waals surface area contributed by atoms with Crippen LogP contribution in [0, 0.1) is 13.8 Å². The lowest BCUT2D eigenvalue weighted by atomic mass is 10.1. The first kappa shape index (κ1) is 20.9. The van der Waals surface area contributed by atoms with Crippen LogP contribution in [0.15, 0.2) is 79.4 Å². The lowest BCUT2D eigenvalue weighted by molar-refractivity contribution is 0.301. The molecule has 1 heterocycles. The van der Waals surface area contributed by atoms with Crippen LogP contribution < -0.4 is 4.74 Å². The Bertz CT molecular complexity index is 1190. The Labute approximate surface area is 185 Å². The molecular formula is C28H30N2O. The fraction of sp³-hybridized carbons (Fsp3) is 0.250. The van der Waals surface area contributed by atoms with Crippen LogP contribution in [0.25, 0.3) is 22.4 Å². The number of benzene rings is 3. The number of ether oxygens (including phenoxy) is 1. The highest BCUT2D eigenvalue weighted by Gasteiger charge is 2.14. The van der Waals surface area contributed by atoms with E-state index < -0.39 is 0 Å². The SMILES string of the molecule is C=CCc1ccccc1OCCCCn1c(-c2ccc(C)cc2C)nc2ccccc21. The zero-order valence-electron chi connectivity index (χ0n) is 18.5. The molecular weight excluding hydrogens is 380 g/mol. The molecule has 31 heavy (non-hydrogen) atoms. The van der Waals surface area contributed by atoms with Gasteiger partial charge in [0.05, 0.1) is 17.6 Å². The van der Waals surface area contributed by atoms with Gasteiger partial charge in [-0.25, -0.2) is 4.98 Å². The van der Waals surface area contributed by atoms with Gasteiger partial charge in [0.25, 0.3) is 0 Å². The van der Waals surface area contributed by atoms with Crippen molar-refractivity contribution < 1.29 is 4.74 Å². The molecule has 0 saturated carbocycles. The highest BCUT2D eigenvalue weighted by Crippen LogP contribution is 2.28. The average Bonchev–Trinajstić information content (AvgIpc) is 3.13. The summed E-state index contributed by atoms with van der Waals surface area (Å²) in [6.07, 6.45) is 4.76. The molecule has 4 aromatic rings. The van der Waals surface area contributed by atoms with Crippen molar-refractivity contribution in [2.75, 3.05) is 6.61 Å². The molecule has 0 radical (unpaired) electrons.